The molecule has 3 aliphatic carbocycles. The van der Waals surface area contributed by atoms with Crippen molar-refractivity contribution in [1.29, 1.82) is 0 Å². The van der Waals surface area contributed by atoms with Gasteiger partial charge in [0.15, 0.2) is 5.65 Å². The number of aromatic nitrogens is 3. The van der Waals surface area contributed by atoms with E-state index in [-0.39, 0.29) is 5.92 Å². The van der Waals surface area contributed by atoms with Gasteiger partial charge in [-0.1, -0.05) is 6.08 Å². The van der Waals surface area contributed by atoms with Crippen molar-refractivity contribution in [1.82, 2.24) is 14.4 Å². The number of ketones is 1. The third-order valence-corrected chi connectivity index (χ3v) is 7.32. The van der Waals surface area contributed by atoms with Gasteiger partial charge in [-0.05, 0) is 69.8 Å². The van der Waals surface area contributed by atoms with Gasteiger partial charge in [-0.25, -0.2) is 4.98 Å². The van der Waals surface area contributed by atoms with Gasteiger partial charge in [0.1, 0.15) is 5.78 Å². The topological polar surface area (TPSA) is 73.3 Å². The Labute approximate surface area is 166 Å². The molecule has 2 heterocycles. The summed E-state index contributed by atoms with van der Waals surface area (Å²) in [6.07, 6.45) is 16.2. The number of hydrogen-bond acceptors (Lipinski definition) is 4. The largest absolute Gasteiger partial charge is 0.328 e. The molecule has 0 amide bonds. The maximum absolute atomic E-state index is 11.7. The van der Waals surface area contributed by atoms with Gasteiger partial charge in [0.05, 0.1) is 23.3 Å². The number of Topliss-reactive ketones (excluding diaryl/α,β-unsaturated/α-hetero) is 1. The van der Waals surface area contributed by atoms with Crippen molar-refractivity contribution in [2.75, 3.05) is 0 Å². The van der Waals surface area contributed by atoms with E-state index in [4.69, 9.17) is 15.7 Å². The minimum Gasteiger partial charge on any atom is -0.328 e. The van der Waals surface area contributed by atoms with Crippen LogP contribution in [0.4, 0.5) is 0 Å². The highest BCUT2D eigenvalue weighted by molar-refractivity contribution is 5.79. The van der Waals surface area contributed by atoms with Crippen LogP contribution < -0.4 is 5.73 Å². The Morgan fingerprint density at radius 1 is 1.07 bits per heavy atom. The minimum absolute atomic E-state index is 0.268. The zero-order valence-electron chi connectivity index (χ0n) is 16.7. The summed E-state index contributed by atoms with van der Waals surface area (Å²) < 4.78 is 2.29. The zero-order valence-corrected chi connectivity index (χ0v) is 16.7. The fraction of sp³-hybridized carbons (Fsp3) is 0.609. The predicted molar refractivity (Wildman–Crippen MR) is 110 cm³/mol. The van der Waals surface area contributed by atoms with Crippen molar-refractivity contribution in [2.45, 2.75) is 76.7 Å². The number of nitrogens with two attached hydrogens (primary N) is 1. The molecular weight excluding hydrogens is 348 g/mol. The first-order valence-electron chi connectivity index (χ1n) is 10.9. The summed E-state index contributed by atoms with van der Waals surface area (Å²) in [5.41, 5.74) is 12.1. The van der Waals surface area contributed by atoms with Crippen molar-refractivity contribution < 1.29 is 4.79 Å². The second-order valence-electron chi connectivity index (χ2n) is 9.08. The van der Waals surface area contributed by atoms with E-state index >= 15 is 0 Å². The third-order valence-electron chi connectivity index (χ3n) is 7.32. The molecule has 2 fully saturated rings. The van der Waals surface area contributed by atoms with Crippen molar-refractivity contribution in [3.63, 3.8) is 0 Å². The van der Waals surface area contributed by atoms with E-state index in [1.165, 1.54) is 22.7 Å². The predicted octanol–water partition coefficient (Wildman–Crippen LogP) is 4.05. The number of carbonyl (C=O) groups excluding carboxylic acids is 1. The van der Waals surface area contributed by atoms with Crippen LogP contribution in [0.25, 0.3) is 11.2 Å². The van der Waals surface area contributed by atoms with E-state index in [1.807, 2.05) is 6.20 Å². The summed E-state index contributed by atoms with van der Waals surface area (Å²) in [4.78, 5) is 21.4. The minimum atomic E-state index is 0.268. The maximum atomic E-state index is 11.7. The monoisotopic (exact) mass is 378 g/mol. The van der Waals surface area contributed by atoms with E-state index in [9.17, 15) is 4.79 Å². The van der Waals surface area contributed by atoms with Crippen molar-refractivity contribution in [3.05, 3.63) is 35.6 Å². The Morgan fingerprint density at radius 2 is 1.79 bits per heavy atom. The van der Waals surface area contributed by atoms with Crippen LogP contribution in [-0.2, 0) is 11.2 Å². The average Bonchev–Trinajstić information content (AvgIpc) is 3.32. The molecule has 0 unspecified atom stereocenters. The van der Waals surface area contributed by atoms with Crippen LogP contribution in [-0.4, -0.2) is 26.2 Å². The molecule has 2 aromatic rings. The third kappa shape index (κ3) is 3.10. The molecule has 0 saturated heterocycles. The molecule has 3 aliphatic rings. The van der Waals surface area contributed by atoms with Crippen LogP contribution in [0.15, 0.2) is 18.5 Å². The van der Waals surface area contributed by atoms with E-state index in [1.54, 1.807) is 6.92 Å². The molecule has 0 radical (unpaired) electrons. The number of rotatable bonds is 3. The van der Waals surface area contributed by atoms with E-state index in [2.05, 4.69) is 16.7 Å². The molecule has 0 bridgehead atoms. The second kappa shape index (κ2) is 7.11. The van der Waals surface area contributed by atoms with Crippen molar-refractivity contribution in [3.8, 4) is 0 Å². The van der Waals surface area contributed by atoms with Gasteiger partial charge >= 0.3 is 0 Å². The highest BCUT2D eigenvalue weighted by atomic mass is 16.1. The van der Waals surface area contributed by atoms with Crippen LogP contribution in [0.3, 0.4) is 0 Å². The number of hydrogen-bond donors (Lipinski definition) is 1. The van der Waals surface area contributed by atoms with Crippen molar-refractivity contribution in [2.24, 2.45) is 17.6 Å². The molecule has 0 aliphatic heterocycles. The lowest BCUT2D eigenvalue weighted by atomic mass is 9.77. The number of fused-ring (bicyclic) bond motifs is 3. The van der Waals surface area contributed by atoms with Crippen LogP contribution in [0.5, 0.6) is 0 Å². The highest BCUT2D eigenvalue weighted by Crippen LogP contribution is 2.42. The molecule has 5 rings (SSSR count). The van der Waals surface area contributed by atoms with Gasteiger partial charge in [0.25, 0.3) is 0 Å². The van der Waals surface area contributed by atoms with E-state index < -0.39 is 0 Å². The normalized spacial score (nSPS) is 30.3. The summed E-state index contributed by atoms with van der Waals surface area (Å²) >= 11 is 0. The molecule has 5 heteroatoms. The smallest absolute Gasteiger partial charge is 0.156 e. The standard InChI is InChI=1S/C23H30N4O/c1-14(28)15-2-4-16(5-3-15)19-10-11-20-23(19)27-13-21(26-22(27)12-25-20)17-6-8-18(24)9-7-17/h10,12-13,15-18H,2-9,11,24H2,1H3. The second-order valence-corrected chi connectivity index (χ2v) is 9.08. The highest BCUT2D eigenvalue weighted by Gasteiger charge is 2.31. The number of carbonyl (C=O) groups is 1. The van der Waals surface area contributed by atoms with Gasteiger partial charge in [-0.2, -0.15) is 0 Å². The fourth-order valence-corrected chi connectivity index (χ4v) is 5.56. The molecule has 28 heavy (non-hydrogen) atoms. The van der Waals surface area contributed by atoms with Crippen LogP contribution in [0.2, 0.25) is 0 Å². The van der Waals surface area contributed by atoms with E-state index in [0.717, 1.165) is 63.4 Å². The molecule has 148 valence electrons. The van der Waals surface area contributed by atoms with Crippen LogP contribution in [0.1, 0.15) is 81.3 Å². The number of imidazole rings is 1. The molecule has 0 spiro atoms. The first kappa shape index (κ1) is 18.0. The van der Waals surface area contributed by atoms with Gasteiger partial charge < -0.3 is 5.73 Å². The SMILES string of the molecule is CC(=O)C1CCC(C2=CCc3ncc4nc(C5CCC(N)CC5)cn4c32)CC1. The van der Waals surface area contributed by atoms with Crippen LogP contribution in [0, 0.1) is 11.8 Å². The Kier molecular flexibility index (Phi) is 4.58. The maximum Gasteiger partial charge on any atom is 0.156 e. The summed E-state index contributed by atoms with van der Waals surface area (Å²) in [5, 5.41) is 0. The molecule has 0 atom stereocenters. The lowest BCUT2D eigenvalue weighted by Crippen LogP contribution is -2.25. The van der Waals surface area contributed by atoms with E-state index in [0.29, 0.717) is 23.7 Å². The first-order valence-corrected chi connectivity index (χ1v) is 10.9. The summed E-state index contributed by atoms with van der Waals surface area (Å²) in [6.45, 7) is 1.74. The van der Waals surface area contributed by atoms with Gasteiger partial charge in [0.2, 0.25) is 0 Å². The van der Waals surface area contributed by atoms with Crippen LogP contribution >= 0.6 is 0 Å². The molecule has 5 nitrogen and oxygen atoms in total. The van der Waals surface area contributed by atoms with Gasteiger partial charge in [0, 0.05) is 30.5 Å². The Bertz CT molecular complexity index is 927. The molecule has 2 saturated carbocycles. The Balaban J connectivity index is 1.43. The fourth-order valence-electron chi connectivity index (χ4n) is 5.56. The Morgan fingerprint density at radius 3 is 2.50 bits per heavy atom. The zero-order chi connectivity index (χ0) is 19.3. The van der Waals surface area contributed by atoms with Gasteiger partial charge in [-0.15, -0.1) is 0 Å². The first-order chi connectivity index (χ1) is 13.6. The summed E-state index contributed by atoms with van der Waals surface area (Å²) in [6, 6.07) is 0.360. The quantitative estimate of drug-likeness (QED) is 0.874. The van der Waals surface area contributed by atoms with Gasteiger partial charge in [-0.3, -0.25) is 14.2 Å². The molecule has 0 aromatic carbocycles. The summed E-state index contributed by atoms with van der Waals surface area (Å²) in [7, 11) is 0. The molecule has 2 aromatic heterocycles. The Hall–Kier alpha value is -2.01. The van der Waals surface area contributed by atoms with Crippen molar-refractivity contribution >= 4 is 17.0 Å². The average molecular weight is 379 g/mol. The number of allylic oxidation sites excluding steroid dienone is 2. The number of nitrogens with zero attached hydrogens (tertiary/aromatic N) is 3. The molecular formula is C23H30N4O. The lowest BCUT2D eigenvalue weighted by molar-refractivity contribution is -0.121. The lowest BCUT2D eigenvalue weighted by Gasteiger charge is -2.28. The molecule has 2 N–H and O–H groups in total. The summed E-state index contributed by atoms with van der Waals surface area (Å²) in [5.74, 6) is 1.69.